The predicted octanol–water partition coefficient (Wildman–Crippen LogP) is 4.65. The van der Waals surface area contributed by atoms with Gasteiger partial charge in [-0.15, -0.1) is 0 Å². The van der Waals surface area contributed by atoms with Crippen molar-refractivity contribution in [3.05, 3.63) is 89.5 Å². The molecule has 192 valence electrons. The van der Waals surface area contributed by atoms with Gasteiger partial charge in [0.1, 0.15) is 18.2 Å². The molecule has 1 aliphatic rings. The third-order valence-electron chi connectivity index (χ3n) is 6.90. The highest BCUT2D eigenvalue weighted by Gasteiger charge is 2.40. The van der Waals surface area contributed by atoms with E-state index in [1.54, 1.807) is 0 Å². The normalized spacial score (nSPS) is 17.1. The van der Waals surface area contributed by atoms with E-state index in [0.717, 1.165) is 29.5 Å². The lowest BCUT2D eigenvalue weighted by Crippen LogP contribution is -2.38. The van der Waals surface area contributed by atoms with Crippen LogP contribution in [0.5, 0.6) is 5.75 Å². The molecule has 7 nitrogen and oxygen atoms in total. The van der Waals surface area contributed by atoms with Crippen molar-refractivity contribution in [3.8, 4) is 16.9 Å². The number of hydrogen-bond donors (Lipinski definition) is 3. The number of amidine groups is 1. The minimum absolute atomic E-state index is 0.0449. The van der Waals surface area contributed by atoms with Crippen molar-refractivity contribution in [1.29, 1.82) is 5.41 Å². The second kappa shape index (κ2) is 11.7. The van der Waals surface area contributed by atoms with Crippen LogP contribution < -0.4 is 10.5 Å². The number of nitrogens with zero attached hydrogens (tertiary/aromatic N) is 1. The van der Waals surface area contributed by atoms with E-state index in [2.05, 4.69) is 12.1 Å². The quantitative estimate of drug-likeness (QED) is 0.262. The van der Waals surface area contributed by atoms with Gasteiger partial charge < -0.3 is 20.5 Å². The maximum absolute atomic E-state index is 13.0. The number of nitrogens with two attached hydrogens (primary N) is 1. The molecule has 1 aliphatic heterocycles. The van der Waals surface area contributed by atoms with Crippen molar-refractivity contribution < 1.29 is 19.4 Å². The molecule has 0 unspecified atom stereocenters. The summed E-state index contributed by atoms with van der Waals surface area (Å²) in [6, 6.07) is 23.4. The van der Waals surface area contributed by atoms with Crippen LogP contribution in [0.4, 0.5) is 0 Å². The summed E-state index contributed by atoms with van der Waals surface area (Å²) < 4.78 is 6.07. The molecule has 4 N–H and O–H groups in total. The first kappa shape index (κ1) is 25.9. The molecule has 0 aliphatic carbocycles. The molecule has 0 spiro atoms. The first-order valence-electron chi connectivity index (χ1n) is 12.6. The Morgan fingerprint density at radius 2 is 1.84 bits per heavy atom. The fraction of sp³-hybridized carbons (Fsp3) is 0.300. The molecule has 3 aromatic rings. The van der Waals surface area contributed by atoms with Crippen molar-refractivity contribution in [2.75, 3.05) is 13.2 Å². The highest BCUT2D eigenvalue weighted by molar-refractivity contribution is 5.95. The molecule has 3 aromatic carbocycles. The Kier molecular flexibility index (Phi) is 8.23. The number of nitrogens with one attached hydrogen (secondary N) is 1. The lowest BCUT2D eigenvalue weighted by Gasteiger charge is -2.25. The van der Waals surface area contributed by atoms with Crippen LogP contribution in [-0.4, -0.2) is 46.9 Å². The maximum atomic E-state index is 13.0. The van der Waals surface area contributed by atoms with Gasteiger partial charge in [-0.2, -0.15) is 0 Å². The van der Waals surface area contributed by atoms with Crippen LogP contribution in [0.1, 0.15) is 36.0 Å². The fourth-order valence-electron chi connectivity index (χ4n) is 4.98. The Labute approximate surface area is 217 Å². The smallest absolute Gasteiger partial charge is 0.304 e. The number of carbonyl (C=O) groups excluding carboxylic acids is 1. The number of carboxylic acids is 1. The zero-order valence-corrected chi connectivity index (χ0v) is 21.0. The van der Waals surface area contributed by atoms with Gasteiger partial charge in [-0.3, -0.25) is 15.0 Å². The second-order valence-electron chi connectivity index (χ2n) is 9.58. The molecule has 0 bridgehead atoms. The zero-order valence-electron chi connectivity index (χ0n) is 21.0. The number of ether oxygens (including phenoxy) is 1. The van der Waals surface area contributed by atoms with E-state index in [4.69, 9.17) is 15.9 Å². The number of benzene rings is 3. The van der Waals surface area contributed by atoms with Crippen molar-refractivity contribution in [1.82, 2.24) is 4.90 Å². The van der Waals surface area contributed by atoms with Gasteiger partial charge in [0.25, 0.3) is 0 Å². The number of amides is 1. The molecule has 7 heteroatoms. The van der Waals surface area contributed by atoms with Crippen molar-refractivity contribution in [2.45, 2.75) is 38.6 Å². The van der Waals surface area contributed by atoms with Crippen LogP contribution in [0.2, 0.25) is 0 Å². The zero-order chi connectivity index (χ0) is 26.4. The van der Waals surface area contributed by atoms with Gasteiger partial charge in [0, 0.05) is 12.1 Å². The van der Waals surface area contributed by atoms with Gasteiger partial charge in [0.05, 0.1) is 18.4 Å². The topological polar surface area (TPSA) is 117 Å². The fourth-order valence-corrected chi connectivity index (χ4v) is 4.98. The van der Waals surface area contributed by atoms with Gasteiger partial charge in [-0.1, -0.05) is 54.6 Å². The maximum Gasteiger partial charge on any atom is 0.304 e. The summed E-state index contributed by atoms with van der Waals surface area (Å²) in [5, 5.41) is 16.9. The van der Waals surface area contributed by atoms with Gasteiger partial charge >= 0.3 is 5.97 Å². The highest BCUT2D eigenvalue weighted by Crippen LogP contribution is 2.30. The molecule has 1 fully saturated rings. The van der Waals surface area contributed by atoms with E-state index in [0.29, 0.717) is 30.9 Å². The first-order valence-corrected chi connectivity index (χ1v) is 12.6. The van der Waals surface area contributed by atoms with Gasteiger partial charge in [0.15, 0.2) is 0 Å². The van der Waals surface area contributed by atoms with E-state index in [1.165, 1.54) is 5.56 Å². The van der Waals surface area contributed by atoms with Crippen molar-refractivity contribution in [3.63, 3.8) is 0 Å². The average molecular weight is 500 g/mol. The Bertz CT molecular complexity index is 1260. The summed E-state index contributed by atoms with van der Waals surface area (Å²) in [6.45, 7) is 2.88. The Balaban J connectivity index is 1.39. The Morgan fingerprint density at radius 3 is 2.49 bits per heavy atom. The Hall–Kier alpha value is -4.13. The molecular weight excluding hydrogens is 466 g/mol. The SMILES string of the molecule is Cc1cc(C(=N)N)ccc1-c1ccc(OC[C@@H]2C[C@@H](CC(=O)O)C(=O)N2CCCc2ccccc2)cc1. The highest BCUT2D eigenvalue weighted by atomic mass is 16.5. The lowest BCUT2D eigenvalue weighted by molar-refractivity contribution is -0.142. The van der Waals surface area contributed by atoms with E-state index in [-0.39, 0.29) is 24.2 Å². The number of nitrogen functional groups attached to an aromatic ring is 1. The number of aryl methyl sites for hydroxylation is 2. The number of carbonyl (C=O) groups is 2. The van der Waals surface area contributed by atoms with Crippen molar-refractivity contribution >= 4 is 17.7 Å². The van der Waals surface area contributed by atoms with Gasteiger partial charge in [0.2, 0.25) is 5.91 Å². The summed E-state index contributed by atoms with van der Waals surface area (Å²) in [4.78, 5) is 26.1. The first-order chi connectivity index (χ1) is 17.8. The van der Waals surface area contributed by atoms with E-state index >= 15 is 0 Å². The van der Waals surface area contributed by atoms with Crippen LogP contribution in [-0.2, 0) is 16.0 Å². The van der Waals surface area contributed by atoms with Crippen LogP contribution in [0.15, 0.2) is 72.8 Å². The Morgan fingerprint density at radius 1 is 1.11 bits per heavy atom. The number of carboxylic acid groups (broad SMARTS) is 1. The number of likely N-dealkylation sites (tertiary alicyclic amines) is 1. The van der Waals surface area contributed by atoms with Crippen LogP contribution in [0, 0.1) is 18.3 Å². The lowest BCUT2D eigenvalue weighted by atomic mass is 9.98. The third kappa shape index (κ3) is 6.55. The molecule has 0 aromatic heterocycles. The molecule has 1 heterocycles. The van der Waals surface area contributed by atoms with Crippen LogP contribution in [0.3, 0.4) is 0 Å². The van der Waals surface area contributed by atoms with Gasteiger partial charge in [-0.05, 0) is 66.6 Å². The molecule has 4 rings (SSSR count). The third-order valence-corrected chi connectivity index (χ3v) is 6.90. The number of aliphatic carboxylic acids is 1. The van der Waals surface area contributed by atoms with Crippen LogP contribution in [0.25, 0.3) is 11.1 Å². The molecule has 37 heavy (non-hydrogen) atoms. The number of hydrogen-bond acceptors (Lipinski definition) is 4. The molecule has 1 amide bonds. The van der Waals surface area contributed by atoms with Gasteiger partial charge in [-0.25, -0.2) is 0 Å². The standard InChI is InChI=1S/C30H33N3O4/c1-20-16-23(29(31)32)11-14-27(20)22-9-12-26(13-10-22)37-19-25-17-24(18-28(34)35)30(36)33(25)15-5-8-21-6-3-2-4-7-21/h2-4,6-7,9-14,16,24-25H,5,8,15,17-19H2,1H3,(H3,31,32)(H,34,35)/t24-,25-/m0/s1. The summed E-state index contributed by atoms with van der Waals surface area (Å²) in [5.74, 6) is -0.815. The largest absolute Gasteiger partial charge is 0.491 e. The minimum Gasteiger partial charge on any atom is -0.491 e. The van der Waals surface area contributed by atoms with E-state index in [9.17, 15) is 14.7 Å². The minimum atomic E-state index is -0.952. The molecule has 2 atom stereocenters. The monoisotopic (exact) mass is 499 g/mol. The van der Waals surface area contributed by atoms with E-state index < -0.39 is 11.9 Å². The molecular formula is C30H33N3O4. The predicted molar refractivity (Wildman–Crippen MR) is 144 cm³/mol. The molecule has 0 saturated carbocycles. The second-order valence-corrected chi connectivity index (χ2v) is 9.58. The van der Waals surface area contributed by atoms with Crippen LogP contribution >= 0.6 is 0 Å². The summed E-state index contributed by atoms with van der Waals surface area (Å²) >= 11 is 0. The summed E-state index contributed by atoms with van der Waals surface area (Å²) in [6.07, 6.45) is 2.00. The summed E-state index contributed by atoms with van der Waals surface area (Å²) in [7, 11) is 0. The molecule has 0 radical (unpaired) electrons. The summed E-state index contributed by atoms with van der Waals surface area (Å²) in [5.41, 5.74) is 10.6. The van der Waals surface area contributed by atoms with E-state index in [1.807, 2.05) is 72.5 Å². The van der Waals surface area contributed by atoms with Crippen molar-refractivity contribution in [2.24, 2.45) is 11.7 Å². The number of rotatable bonds is 11. The molecule has 1 saturated heterocycles. The average Bonchev–Trinajstić information content (AvgIpc) is 3.17.